The number of methoxy groups -OCH3 is 1. The molecule has 0 bridgehead atoms. The molecule has 0 saturated heterocycles. The largest absolute Gasteiger partial charge is 0.385 e. The van der Waals surface area contributed by atoms with Gasteiger partial charge in [-0.2, -0.15) is 0 Å². The standard InChI is InChI=1S/C15H28N6O/c1-5-14-20-19-12-21(14)9-8-17-15(18-11-13(2)3)16-7-6-10-22-4/h12H,2,5-11H2,1,3-4H3,(H2,16,17,18). The molecule has 1 rings (SSSR count). The van der Waals surface area contributed by atoms with E-state index >= 15 is 0 Å². The highest BCUT2D eigenvalue weighted by atomic mass is 16.5. The third-order valence-electron chi connectivity index (χ3n) is 2.98. The van der Waals surface area contributed by atoms with Crippen molar-refractivity contribution in [2.24, 2.45) is 4.99 Å². The molecule has 0 aliphatic carbocycles. The average molecular weight is 308 g/mol. The first-order valence-corrected chi connectivity index (χ1v) is 7.69. The van der Waals surface area contributed by atoms with Gasteiger partial charge in [0.05, 0.1) is 6.54 Å². The van der Waals surface area contributed by atoms with Crippen molar-refractivity contribution in [3.8, 4) is 0 Å². The minimum atomic E-state index is 0.618. The molecule has 0 radical (unpaired) electrons. The highest BCUT2D eigenvalue weighted by Crippen LogP contribution is 1.95. The zero-order chi connectivity index (χ0) is 16.2. The fourth-order valence-corrected chi connectivity index (χ4v) is 1.85. The Balaban J connectivity index is 2.42. The van der Waals surface area contributed by atoms with Gasteiger partial charge >= 0.3 is 0 Å². The molecule has 1 aromatic heterocycles. The van der Waals surface area contributed by atoms with E-state index in [1.165, 1.54) is 0 Å². The molecule has 0 amide bonds. The van der Waals surface area contributed by atoms with Gasteiger partial charge in [0.1, 0.15) is 12.2 Å². The minimum absolute atomic E-state index is 0.618. The summed E-state index contributed by atoms with van der Waals surface area (Å²) in [6.45, 7) is 11.7. The molecule has 0 fully saturated rings. The summed E-state index contributed by atoms with van der Waals surface area (Å²) in [7, 11) is 1.71. The lowest BCUT2D eigenvalue weighted by Crippen LogP contribution is -2.40. The maximum atomic E-state index is 5.05. The number of nitrogens with zero attached hydrogens (tertiary/aromatic N) is 4. The van der Waals surface area contributed by atoms with E-state index in [4.69, 9.17) is 4.74 Å². The highest BCUT2D eigenvalue weighted by molar-refractivity contribution is 5.79. The van der Waals surface area contributed by atoms with Crippen molar-refractivity contribution in [1.29, 1.82) is 0 Å². The lowest BCUT2D eigenvalue weighted by molar-refractivity contribution is 0.195. The lowest BCUT2D eigenvalue weighted by atomic mass is 10.4. The van der Waals surface area contributed by atoms with E-state index in [2.05, 4.69) is 39.3 Å². The number of aromatic nitrogens is 3. The Bertz CT molecular complexity index is 468. The zero-order valence-electron chi connectivity index (χ0n) is 13.9. The van der Waals surface area contributed by atoms with Crippen LogP contribution in [0.5, 0.6) is 0 Å². The molecule has 0 aromatic carbocycles. The second-order valence-electron chi connectivity index (χ2n) is 5.12. The second-order valence-corrected chi connectivity index (χ2v) is 5.12. The van der Waals surface area contributed by atoms with Crippen LogP contribution in [0.3, 0.4) is 0 Å². The van der Waals surface area contributed by atoms with Crippen molar-refractivity contribution in [3.63, 3.8) is 0 Å². The third kappa shape index (κ3) is 7.21. The van der Waals surface area contributed by atoms with Crippen LogP contribution in [0.2, 0.25) is 0 Å². The second kappa shape index (κ2) is 10.8. The number of aryl methyl sites for hydroxylation is 1. The van der Waals surface area contributed by atoms with Crippen molar-refractivity contribution in [3.05, 3.63) is 24.3 Å². The predicted octanol–water partition coefficient (Wildman–Crippen LogP) is 0.988. The van der Waals surface area contributed by atoms with E-state index in [1.54, 1.807) is 13.4 Å². The number of ether oxygens (including phenoxy) is 1. The molecular formula is C15H28N6O. The van der Waals surface area contributed by atoms with E-state index in [1.807, 2.05) is 11.5 Å². The zero-order valence-corrected chi connectivity index (χ0v) is 13.9. The van der Waals surface area contributed by atoms with Crippen molar-refractivity contribution in [2.45, 2.75) is 33.2 Å². The topological polar surface area (TPSA) is 76.4 Å². The number of guanidine groups is 1. The first kappa shape index (κ1) is 18.2. The van der Waals surface area contributed by atoms with Crippen molar-refractivity contribution < 1.29 is 4.74 Å². The van der Waals surface area contributed by atoms with Crippen LogP contribution in [0.1, 0.15) is 26.1 Å². The molecule has 22 heavy (non-hydrogen) atoms. The highest BCUT2D eigenvalue weighted by Gasteiger charge is 2.02. The Kier molecular flexibility index (Phi) is 8.90. The predicted molar refractivity (Wildman–Crippen MR) is 89.0 cm³/mol. The Morgan fingerprint density at radius 2 is 2.18 bits per heavy atom. The van der Waals surface area contributed by atoms with E-state index in [-0.39, 0.29) is 0 Å². The summed E-state index contributed by atoms with van der Waals surface area (Å²) in [5.74, 6) is 1.79. The first-order chi connectivity index (χ1) is 10.7. The van der Waals surface area contributed by atoms with Crippen LogP contribution in [0.15, 0.2) is 23.5 Å². The summed E-state index contributed by atoms with van der Waals surface area (Å²) in [6.07, 6.45) is 3.58. The number of aliphatic imine (C=N–C) groups is 1. The maximum absolute atomic E-state index is 5.05. The van der Waals surface area contributed by atoms with Gasteiger partial charge in [-0.05, 0) is 13.3 Å². The molecule has 7 heteroatoms. The molecule has 1 heterocycles. The molecule has 0 spiro atoms. The van der Waals surface area contributed by atoms with Gasteiger partial charge < -0.3 is 19.9 Å². The fourth-order valence-electron chi connectivity index (χ4n) is 1.85. The molecule has 0 saturated carbocycles. The van der Waals surface area contributed by atoms with Gasteiger partial charge in [-0.3, -0.25) is 0 Å². The van der Waals surface area contributed by atoms with Crippen LogP contribution < -0.4 is 10.6 Å². The van der Waals surface area contributed by atoms with Crippen LogP contribution in [-0.4, -0.2) is 54.1 Å². The van der Waals surface area contributed by atoms with Gasteiger partial charge in [0, 0.05) is 39.8 Å². The SMILES string of the molecule is C=C(C)CN=C(NCCCOC)NCCn1cnnc1CC. The van der Waals surface area contributed by atoms with Crippen molar-refractivity contribution >= 4 is 5.96 Å². The van der Waals surface area contributed by atoms with Crippen LogP contribution in [0, 0.1) is 0 Å². The van der Waals surface area contributed by atoms with Gasteiger partial charge in [-0.15, -0.1) is 10.2 Å². The van der Waals surface area contributed by atoms with Crippen LogP contribution in [0.4, 0.5) is 0 Å². The van der Waals surface area contributed by atoms with Crippen molar-refractivity contribution in [2.75, 3.05) is 33.4 Å². The summed E-state index contributed by atoms with van der Waals surface area (Å²) in [6, 6.07) is 0. The Morgan fingerprint density at radius 1 is 1.41 bits per heavy atom. The normalized spacial score (nSPS) is 11.5. The molecule has 124 valence electrons. The van der Waals surface area contributed by atoms with E-state index in [9.17, 15) is 0 Å². The van der Waals surface area contributed by atoms with Gasteiger partial charge in [0.2, 0.25) is 0 Å². The molecular weight excluding hydrogens is 280 g/mol. The summed E-state index contributed by atoms with van der Waals surface area (Å²) >= 11 is 0. The first-order valence-electron chi connectivity index (χ1n) is 7.69. The molecule has 0 aliphatic heterocycles. The molecule has 7 nitrogen and oxygen atoms in total. The molecule has 0 aliphatic rings. The Morgan fingerprint density at radius 3 is 2.86 bits per heavy atom. The number of hydrogen-bond acceptors (Lipinski definition) is 4. The van der Waals surface area contributed by atoms with Gasteiger partial charge in [-0.25, -0.2) is 4.99 Å². The maximum Gasteiger partial charge on any atom is 0.191 e. The fraction of sp³-hybridized carbons (Fsp3) is 0.667. The van der Waals surface area contributed by atoms with Crippen LogP contribution in [0.25, 0.3) is 0 Å². The molecule has 1 aromatic rings. The van der Waals surface area contributed by atoms with Gasteiger partial charge in [-0.1, -0.05) is 19.1 Å². The number of rotatable bonds is 10. The quantitative estimate of drug-likeness (QED) is 0.292. The lowest BCUT2D eigenvalue weighted by Gasteiger charge is -2.13. The van der Waals surface area contributed by atoms with Crippen LogP contribution >= 0.6 is 0 Å². The Hall–Kier alpha value is -1.89. The molecule has 2 N–H and O–H groups in total. The smallest absolute Gasteiger partial charge is 0.191 e. The molecule has 0 atom stereocenters. The Labute approximate surface area is 132 Å². The van der Waals surface area contributed by atoms with E-state index in [0.717, 1.165) is 56.4 Å². The third-order valence-corrected chi connectivity index (χ3v) is 2.98. The van der Waals surface area contributed by atoms with E-state index < -0.39 is 0 Å². The average Bonchev–Trinajstić information content (AvgIpc) is 2.95. The summed E-state index contributed by atoms with van der Waals surface area (Å²) < 4.78 is 7.10. The summed E-state index contributed by atoms with van der Waals surface area (Å²) in [4.78, 5) is 4.50. The number of nitrogens with one attached hydrogen (secondary N) is 2. The van der Waals surface area contributed by atoms with Crippen LogP contribution in [-0.2, 0) is 17.7 Å². The van der Waals surface area contributed by atoms with Gasteiger partial charge in [0.25, 0.3) is 0 Å². The monoisotopic (exact) mass is 308 g/mol. The minimum Gasteiger partial charge on any atom is -0.385 e. The molecule has 0 unspecified atom stereocenters. The summed E-state index contributed by atoms with van der Waals surface area (Å²) in [5, 5.41) is 14.6. The number of hydrogen-bond donors (Lipinski definition) is 2. The van der Waals surface area contributed by atoms with E-state index in [0.29, 0.717) is 6.54 Å². The van der Waals surface area contributed by atoms with Gasteiger partial charge in [0.15, 0.2) is 5.96 Å². The van der Waals surface area contributed by atoms with Crippen molar-refractivity contribution in [1.82, 2.24) is 25.4 Å². The summed E-state index contributed by atoms with van der Waals surface area (Å²) in [5.41, 5.74) is 1.03.